The van der Waals surface area contributed by atoms with Crippen molar-refractivity contribution in [3.8, 4) is 0 Å². The Hall–Kier alpha value is -1.88. The molecule has 4 rings (SSSR count). The second kappa shape index (κ2) is 5.96. The minimum atomic E-state index is 0.232. The van der Waals surface area contributed by atoms with Crippen LogP contribution in [0.4, 0.5) is 0 Å². The summed E-state index contributed by atoms with van der Waals surface area (Å²) >= 11 is 0. The van der Waals surface area contributed by atoms with Crippen molar-refractivity contribution in [2.75, 3.05) is 13.1 Å². The normalized spacial score (nSPS) is 21.9. The Morgan fingerprint density at radius 1 is 1.35 bits per heavy atom. The average Bonchev–Trinajstić information content (AvgIpc) is 3.08. The minimum Gasteiger partial charge on any atom is -0.338 e. The zero-order valence-corrected chi connectivity index (χ0v) is 13.7. The first-order valence-corrected chi connectivity index (χ1v) is 8.64. The van der Waals surface area contributed by atoms with Crippen molar-refractivity contribution in [1.29, 1.82) is 0 Å². The van der Waals surface area contributed by atoms with Gasteiger partial charge in [-0.1, -0.05) is 6.07 Å². The van der Waals surface area contributed by atoms with E-state index in [1.54, 1.807) is 6.92 Å². The highest BCUT2D eigenvalue weighted by molar-refractivity contribution is 5.74. The number of carbonyl (C=O) groups is 1. The van der Waals surface area contributed by atoms with Crippen molar-refractivity contribution >= 4 is 11.6 Å². The molecule has 1 amide bonds. The first-order valence-electron chi connectivity index (χ1n) is 8.64. The quantitative estimate of drug-likeness (QED) is 0.851. The van der Waals surface area contributed by atoms with Gasteiger partial charge in [0.1, 0.15) is 5.65 Å². The van der Waals surface area contributed by atoms with Crippen LogP contribution in [0.1, 0.15) is 38.3 Å². The zero-order valence-electron chi connectivity index (χ0n) is 13.7. The van der Waals surface area contributed by atoms with Crippen LogP contribution in [0.15, 0.2) is 30.6 Å². The summed E-state index contributed by atoms with van der Waals surface area (Å²) in [4.78, 5) is 20.9. The number of carbonyl (C=O) groups excluding carboxylic acids is 1. The van der Waals surface area contributed by atoms with Gasteiger partial charge in [-0.15, -0.1) is 0 Å². The molecule has 5 nitrogen and oxygen atoms in total. The average molecular weight is 312 g/mol. The van der Waals surface area contributed by atoms with Gasteiger partial charge in [-0.25, -0.2) is 4.98 Å². The molecule has 5 heteroatoms. The van der Waals surface area contributed by atoms with Crippen LogP contribution >= 0.6 is 0 Å². The van der Waals surface area contributed by atoms with Gasteiger partial charge in [0, 0.05) is 50.2 Å². The minimum absolute atomic E-state index is 0.232. The summed E-state index contributed by atoms with van der Waals surface area (Å²) in [6.07, 6.45) is 8.66. The number of likely N-dealkylation sites (tertiary alicyclic amines) is 1. The lowest BCUT2D eigenvalue weighted by Crippen LogP contribution is -2.43. The van der Waals surface area contributed by atoms with E-state index in [1.807, 2.05) is 18.5 Å². The van der Waals surface area contributed by atoms with Gasteiger partial charge in [0.2, 0.25) is 5.91 Å². The van der Waals surface area contributed by atoms with E-state index >= 15 is 0 Å². The summed E-state index contributed by atoms with van der Waals surface area (Å²) in [6, 6.07) is 7.28. The summed E-state index contributed by atoms with van der Waals surface area (Å²) in [6.45, 7) is 4.64. The number of rotatable bonds is 5. The van der Waals surface area contributed by atoms with Crippen molar-refractivity contribution in [3.05, 3.63) is 36.3 Å². The van der Waals surface area contributed by atoms with Crippen molar-refractivity contribution in [1.82, 2.24) is 19.2 Å². The van der Waals surface area contributed by atoms with Gasteiger partial charge < -0.3 is 9.30 Å². The Bertz CT molecular complexity index is 706. The fourth-order valence-corrected chi connectivity index (χ4v) is 3.80. The molecule has 3 heterocycles. The second-order valence-electron chi connectivity index (χ2n) is 6.84. The number of fused-ring (bicyclic) bond motifs is 1. The molecule has 2 aromatic rings. The molecule has 1 atom stereocenters. The molecular weight excluding hydrogens is 288 g/mol. The lowest BCUT2D eigenvalue weighted by atomic mass is 10.2. The summed E-state index contributed by atoms with van der Waals surface area (Å²) in [7, 11) is 0. The molecule has 23 heavy (non-hydrogen) atoms. The molecule has 0 radical (unpaired) electrons. The van der Waals surface area contributed by atoms with Gasteiger partial charge in [-0.3, -0.25) is 9.69 Å². The van der Waals surface area contributed by atoms with Crippen LogP contribution in [0, 0.1) is 0 Å². The molecule has 1 saturated carbocycles. The standard InChI is InChI=1S/C18H24N4O/c1-14(23)22(15-7-8-15)13-16-5-3-10-20(16)12-17-4-2-6-18-19-9-11-21(17)18/h2,4,6,9,11,15-16H,3,5,7-8,10,12-13H2,1H3. The van der Waals surface area contributed by atoms with Crippen LogP contribution < -0.4 is 0 Å². The smallest absolute Gasteiger partial charge is 0.219 e. The van der Waals surface area contributed by atoms with E-state index in [-0.39, 0.29) is 5.91 Å². The molecule has 122 valence electrons. The van der Waals surface area contributed by atoms with E-state index in [2.05, 4.69) is 31.3 Å². The molecule has 2 aromatic heterocycles. The molecule has 0 spiro atoms. The molecule has 1 unspecified atom stereocenters. The Balaban J connectivity index is 1.49. The van der Waals surface area contributed by atoms with Gasteiger partial charge in [0.15, 0.2) is 0 Å². The lowest BCUT2D eigenvalue weighted by Gasteiger charge is -2.30. The SMILES string of the molecule is CC(=O)N(CC1CCCN1Cc1cccc2nccn12)C1CC1. The highest BCUT2D eigenvalue weighted by Gasteiger charge is 2.35. The van der Waals surface area contributed by atoms with Crippen molar-refractivity contribution in [3.63, 3.8) is 0 Å². The predicted octanol–water partition coefficient (Wildman–Crippen LogP) is 2.31. The number of aromatic nitrogens is 2. The molecule has 0 bridgehead atoms. The van der Waals surface area contributed by atoms with Crippen LogP contribution in [0.25, 0.3) is 5.65 Å². The van der Waals surface area contributed by atoms with E-state index in [0.717, 1.165) is 25.3 Å². The topological polar surface area (TPSA) is 40.9 Å². The Labute approximate surface area is 136 Å². The van der Waals surface area contributed by atoms with Crippen LogP contribution in [0.2, 0.25) is 0 Å². The van der Waals surface area contributed by atoms with Gasteiger partial charge >= 0.3 is 0 Å². The maximum Gasteiger partial charge on any atom is 0.219 e. The van der Waals surface area contributed by atoms with E-state index in [0.29, 0.717) is 12.1 Å². The van der Waals surface area contributed by atoms with E-state index in [1.165, 1.54) is 31.4 Å². The monoisotopic (exact) mass is 312 g/mol. The van der Waals surface area contributed by atoms with Crippen molar-refractivity contribution in [2.24, 2.45) is 0 Å². The number of hydrogen-bond acceptors (Lipinski definition) is 3. The van der Waals surface area contributed by atoms with Gasteiger partial charge in [0.25, 0.3) is 0 Å². The molecule has 0 N–H and O–H groups in total. The van der Waals surface area contributed by atoms with Gasteiger partial charge in [-0.05, 0) is 44.4 Å². The number of nitrogens with zero attached hydrogens (tertiary/aromatic N) is 4. The first-order chi connectivity index (χ1) is 11.2. The third-order valence-electron chi connectivity index (χ3n) is 5.18. The fraction of sp³-hybridized carbons (Fsp3) is 0.556. The maximum atomic E-state index is 11.9. The van der Waals surface area contributed by atoms with Crippen LogP contribution in [-0.4, -0.2) is 50.3 Å². The molecule has 0 aromatic carbocycles. The number of imidazole rings is 1. The Morgan fingerprint density at radius 2 is 2.22 bits per heavy atom. The van der Waals surface area contributed by atoms with Gasteiger partial charge in [-0.2, -0.15) is 0 Å². The van der Waals surface area contributed by atoms with E-state index < -0.39 is 0 Å². The number of amides is 1. The molecule has 1 aliphatic heterocycles. The third kappa shape index (κ3) is 2.98. The van der Waals surface area contributed by atoms with Gasteiger partial charge in [0.05, 0.1) is 0 Å². The second-order valence-corrected chi connectivity index (χ2v) is 6.84. The van der Waals surface area contributed by atoms with E-state index in [9.17, 15) is 4.79 Å². The van der Waals surface area contributed by atoms with Crippen molar-refractivity contribution in [2.45, 2.75) is 51.2 Å². The number of pyridine rings is 1. The summed E-state index contributed by atoms with van der Waals surface area (Å²) < 4.78 is 2.17. The van der Waals surface area contributed by atoms with Crippen LogP contribution in [0.5, 0.6) is 0 Å². The summed E-state index contributed by atoms with van der Waals surface area (Å²) in [5.41, 5.74) is 2.27. The van der Waals surface area contributed by atoms with E-state index in [4.69, 9.17) is 0 Å². The maximum absolute atomic E-state index is 11.9. The predicted molar refractivity (Wildman–Crippen MR) is 89.0 cm³/mol. The highest BCUT2D eigenvalue weighted by atomic mass is 16.2. The number of hydrogen-bond donors (Lipinski definition) is 0. The Kier molecular flexibility index (Phi) is 3.81. The summed E-state index contributed by atoms with van der Waals surface area (Å²) in [5, 5.41) is 0. The van der Waals surface area contributed by atoms with Crippen LogP contribution in [0.3, 0.4) is 0 Å². The lowest BCUT2D eigenvalue weighted by molar-refractivity contribution is -0.130. The van der Waals surface area contributed by atoms with Crippen molar-refractivity contribution < 1.29 is 4.79 Å². The third-order valence-corrected chi connectivity index (χ3v) is 5.18. The molecule has 1 saturated heterocycles. The summed E-state index contributed by atoms with van der Waals surface area (Å²) in [5.74, 6) is 0.232. The largest absolute Gasteiger partial charge is 0.338 e. The molecule has 1 aliphatic carbocycles. The fourth-order valence-electron chi connectivity index (χ4n) is 3.80. The first kappa shape index (κ1) is 14.7. The van der Waals surface area contributed by atoms with Crippen LogP contribution in [-0.2, 0) is 11.3 Å². The zero-order chi connectivity index (χ0) is 15.8. The molecular formula is C18H24N4O. The Morgan fingerprint density at radius 3 is 3.00 bits per heavy atom. The molecule has 2 aliphatic rings. The highest BCUT2D eigenvalue weighted by Crippen LogP contribution is 2.29. The molecule has 2 fully saturated rings.